The number of carboxylic acids is 1. The highest BCUT2D eigenvalue weighted by Gasteiger charge is 2.08. The topological polar surface area (TPSA) is 91.4 Å². The minimum atomic E-state index is -1.02. The van der Waals surface area contributed by atoms with E-state index >= 15 is 0 Å². The van der Waals surface area contributed by atoms with Gasteiger partial charge in [-0.05, 0) is 48.0 Å². The highest BCUT2D eigenvalue weighted by molar-refractivity contribution is 6.03. The van der Waals surface area contributed by atoms with Crippen molar-refractivity contribution in [3.05, 3.63) is 65.9 Å². The van der Waals surface area contributed by atoms with Crippen LogP contribution in [0.2, 0.25) is 0 Å². The second-order valence-corrected chi connectivity index (χ2v) is 5.39. The molecule has 0 aliphatic rings. The first-order chi connectivity index (χ1) is 12.0. The Morgan fingerprint density at radius 2 is 1.88 bits per heavy atom. The molecule has 2 aromatic carbocycles. The molecule has 25 heavy (non-hydrogen) atoms. The smallest absolute Gasteiger partial charge is 0.352 e. The lowest BCUT2D eigenvalue weighted by Gasteiger charge is -2.02. The molecule has 6 heteroatoms. The number of ether oxygens (including phenoxy) is 1. The summed E-state index contributed by atoms with van der Waals surface area (Å²) in [6.07, 6.45) is 3.14. The van der Waals surface area contributed by atoms with Crippen molar-refractivity contribution in [3.8, 4) is 5.75 Å². The molecule has 1 amide bonds. The van der Waals surface area contributed by atoms with Crippen LogP contribution in [0.1, 0.15) is 16.1 Å². The van der Waals surface area contributed by atoms with Gasteiger partial charge >= 0.3 is 5.97 Å². The molecule has 0 saturated heterocycles. The van der Waals surface area contributed by atoms with E-state index in [0.717, 1.165) is 11.3 Å². The molecule has 1 aromatic heterocycles. The average molecular weight is 336 g/mol. The third-order valence-electron chi connectivity index (χ3n) is 3.66. The molecule has 0 aliphatic heterocycles. The molecule has 1 heterocycles. The van der Waals surface area contributed by atoms with E-state index in [-0.39, 0.29) is 11.6 Å². The van der Waals surface area contributed by atoms with Gasteiger partial charge in [-0.25, -0.2) is 4.79 Å². The summed E-state index contributed by atoms with van der Waals surface area (Å²) in [6.45, 7) is 0. The zero-order chi connectivity index (χ0) is 17.8. The third kappa shape index (κ3) is 3.87. The van der Waals surface area contributed by atoms with Crippen LogP contribution in [0.25, 0.3) is 17.0 Å². The number of carboxylic acid groups (broad SMARTS) is 1. The monoisotopic (exact) mass is 336 g/mol. The van der Waals surface area contributed by atoms with Crippen molar-refractivity contribution in [2.45, 2.75) is 0 Å². The molecule has 0 atom stereocenters. The Morgan fingerprint density at radius 1 is 1.12 bits per heavy atom. The molecule has 126 valence electrons. The highest BCUT2D eigenvalue weighted by atomic mass is 16.5. The normalized spacial score (nSPS) is 10.9. The van der Waals surface area contributed by atoms with Crippen LogP contribution in [0.3, 0.4) is 0 Å². The van der Waals surface area contributed by atoms with E-state index in [1.54, 1.807) is 31.4 Å². The van der Waals surface area contributed by atoms with Crippen LogP contribution in [0, 0.1) is 0 Å². The molecule has 0 saturated carbocycles. The zero-order valence-electron chi connectivity index (χ0n) is 13.4. The molecule has 0 bridgehead atoms. The minimum absolute atomic E-state index is 0.109. The summed E-state index contributed by atoms with van der Waals surface area (Å²) < 4.78 is 5.08. The maximum Gasteiger partial charge on any atom is 0.352 e. The van der Waals surface area contributed by atoms with Crippen LogP contribution >= 0.6 is 0 Å². The lowest BCUT2D eigenvalue weighted by Crippen LogP contribution is -2.07. The lowest BCUT2D eigenvalue weighted by atomic mass is 10.2. The summed E-state index contributed by atoms with van der Waals surface area (Å²) in [5.74, 6) is -0.546. The van der Waals surface area contributed by atoms with Gasteiger partial charge in [0.2, 0.25) is 5.91 Å². The van der Waals surface area contributed by atoms with Crippen molar-refractivity contribution in [2.24, 2.45) is 0 Å². The van der Waals surface area contributed by atoms with Crippen molar-refractivity contribution in [1.82, 2.24) is 4.98 Å². The Balaban J connectivity index is 1.70. The maximum atomic E-state index is 12.0. The quantitative estimate of drug-likeness (QED) is 0.622. The van der Waals surface area contributed by atoms with E-state index in [9.17, 15) is 9.59 Å². The number of aromatic nitrogens is 1. The number of nitrogens with one attached hydrogen (secondary N) is 2. The predicted octanol–water partition coefficient (Wildman–Crippen LogP) is 3.53. The average Bonchev–Trinajstić information content (AvgIpc) is 3.04. The number of carbonyl (C=O) groups is 2. The summed E-state index contributed by atoms with van der Waals surface area (Å²) in [5, 5.41) is 12.5. The zero-order valence-corrected chi connectivity index (χ0v) is 13.4. The molecular formula is C19H16N2O4. The van der Waals surface area contributed by atoms with E-state index in [1.165, 1.54) is 12.1 Å². The molecular weight excluding hydrogens is 320 g/mol. The first-order valence-electron chi connectivity index (χ1n) is 7.54. The van der Waals surface area contributed by atoms with Crippen LogP contribution < -0.4 is 10.1 Å². The number of carbonyl (C=O) groups excluding carboxylic acids is 1. The standard InChI is InChI=1S/C19H16N2O4/c1-25-15-6-2-12(3-7-15)4-9-18(22)20-14-5-8-16-13(10-14)11-17(21-16)19(23)24/h2-11,21H,1H3,(H,20,22)(H,23,24). The highest BCUT2D eigenvalue weighted by Crippen LogP contribution is 2.20. The van der Waals surface area contributed by atoms with Crippen LogP contribution in [0.15, 0.2) is 54.6 Å². The number of H-pyrrole nitrogens is 1. The van der Waals surface area contributed by atoms with Gasteiger partial charge in [0.25, 0.3) is 0 Å². The second-order valence-electron chi connectivity index (χ2n) is 5.39. The number of hydrogen-bond donors (Lipinski definition) is 3. The number of aromatic amines is 1. The number of anilines is 1. The Bertz CT molecular complexity index is 955. The summed E-state index contributed by atoms with van der Waals surface area (Å²) in [6, 6.07) is 14.0. The molecule has 0 aliphatic carbocycles. The minimum Gasteiger partial charge on any atom is -0.497 e. The van der Waals surface area contributed by atoms with Crippen molar-refractivity contribution in [2.75, 3.05) is 12.4 Å². The molecule has 3 aromatic rings. The van der Waals surface area contributed by atoms with Gasteiger partial charge in [-0.15, -0.1) is 0 Å². The summed E-state index contributed by atoms with van der Waals surface area (Å²) in [4.78, 5) is 25.8. The van der Waals surface area contributed by atoms with E-state index in [0.29, 0.717) is 16.6 Å². The molecule has 0 unspecified atom stereocenters. The van der Waals surface area contributed by atoms with E-state index in [4.69, 9.17) is 9.84 Å². The fraction of sp³-hybridized carbons (Fsp3) is 0.0526. The lowest BCUT2D eigenvalue weighted by molar-refractivity contribution is -0.111. The summed E-state index contributed by atoms with van der Waals surface area (Å²) in [5.41, 5.74) is 2.28. The van der Waals surface area contributed by atoms with Crippen molar-refractivity contribution in [3.63, 3.8) is 0 Å². The van der Waals surface area contributed by atoms with Crippen molar-refractivity contribution in [1.29, 1.82) is 0 Å². The van der Waals surface area contributed by atoms with Gasteiger partial charge in [0, 0.05) is 22.7 Å². The Hall–Kier alpha value is -3.54. The molecule has 6 nitrogen and oxygen atoms in total. The Labute approximate surface area is 143 Å². The van der Waals surface area contributed by atoms with Crippen molar-refractivity contribution >= 4 is 34.5 Å². The molecule has 3 N–H and O–H groups in total. The van der Waals surface area contributed by atoms with Gasteiger partial charge < -0.3 is 20.1 Å². The van der Waals surface area contributed by atoms with Gasteiger partial charge in [-0.3, -0.25) is 4.79 Å². The molecule has 0 radical (unpaired) electrons. The van der Waals surface area contributed by atoms with Gasteiger partial charge in [0.05, 0.1) is 7.11 Å². The van der Waals surface area contributed by atoms with Crippen LogP contribution in [0.4, 0.5) is 5.69 Å². The summed E-state index contributed by atoms with van der Waals surface area (Å²) >= 11 is 0. The number of methoxy groups -OCH3 is 1. The molecule has 0 spiro atoms. The van der Waals surface area contributed by atoms with Crippen LogP contribution in [-0.2, 0) is 4.79 Å². The van der Waals surface area contributed by atoms with E-state index in [2.05, 4.69) is 10.3 Å². The van der Waals surface area contributed by atoms with E-state index in [1.807, 2.05) is 24.3 Å². The predicted molar refractivity (Wildman–Crippen MR) is 95.9 cm³/mol. The third-order valence-corrected chi connectivity index (χ3v) is 3.66. The fourth-order valence-corrected chi connectivity index (χ4v) is 2.40. The van der Waals surface area contributed by atoms with Crippen molar-refractivity contribution < 1.29 is 19.4 Å². The second kappa shape index (κ2) is 6.92. The fourth-order valence-electron chi connectivity index (χ4n) is 2.40. The van der Waals surface area contributed by atoms with Gasteiger partial charge in [0.15, 0.2) is 0 Å². The Kier molecular flexibility index (Phi) is 4.52. The van der Waals surface area contributed by atoms with Gasteiger partial charge in [0.1, 0.15) is 11.4 Å². The number of rotatable bonds is 5. The number of benzene rings is 2. The van der Waals surface area contributed by atoms with Gasteiger partial charge in [-0.2, -0.15) is 0 Å². The van der Waals surface area contributed by atoms with E-state index < -0.39 is 5.97 Å². The van der Waals surface area contributed by atoms with Crippen LogP contribution in [-0.4, -0.2) is 29.1 Å². The first kappa shape index (κ1) is 16.3. The summed E-state index contributed by atoms with van der Waals surface area (Å²) in [7, 11) is 1.60. The first-order valence-corrected chi connectivity index (χ1v) is 7.54. The van der Waals surface area contributed by atoms with Crippen LogP contribution in [0.5, 0.6) is 5.75 Å². The number of hydrogen-bond acceptors (Lipinski definition) is 3. The van der Waals surface area contributed by atoms with Gasteiger partial charge in [-0.1, -0.05) is 12.1 Å². The molecule has 3 rings (SSSR count). The SMILES string of the molecule is COc1ccc(C=CC(=O)Nc2ccc3[nH]c(C(=O)O)cc3c2)cc1. The number of aromatic carboxylic acids is 1. The maximum absolute atomic E-state index is 12.0. The Morgan fingerprint density at radius 3 is 2.56 bits per heavy atom. The largest absolute Gasteiger partial charge is 0.497 e. The molecule has 0 fully saturated rings. The number of amides is 1. The number of fused-ring (bicyclic) bond motifs is 1.